The van der Waals surface area contributed by atoms with Gasteiger partial charge in [0.1, 0.15) is 4.83 Å². The van der Waals surface area contributed by atoms with Crippen molar-refractivity contribution in [3.63, 3.8) is 0 Å². The van der Waals surface area contributed by atoms with Crippen molar-refractivity contribution in [1.29, 1.82) is 0 Å². The van der Waals surface area contributed by atoms with Gasteiger partial charge in [0.05, 0.1) is 7.11 Å². The van der Waals surface area contributed by atoms with Crippen LogP contribution in [0.4, 0.5) is 0 Å². The third-order valence-corrected chi connectivity index (χ3v) is 3.83. The van der Waals surface area contributed by atoms with E-state index in [0.29, 0.717) is 12.6 Å². The SMILES string of the molecule is COC(=O)C(Br)CNC1CCSC1. The normalized spacial score (nSPS) is 24.3. The number of thioether (sulfide) groups is 1. The lowest BCUT2D eigenvalue weighted by molar-refractivity contribution is -0.139. The summed E-state index contributed by atoms with van der Waals surface area (Å²) in [6.07, 6.45) is 1.20. The second-order valence-corrected chi connectivity index (χ2v) is 5.21. The molecule has 1 heterocycles. The third-order valence-electron chi connectivity index (χ3n) is 1.97. The second-order valence-electron chi connectivity index (χ2n) is 2.96. The van der Waals surface area contributed by atoms with Gasteiger partial charge in [-0.1, -0.05) is 15.9 Å². The minimum Gasteiger partial charge on any atom is -0.468 e. The number of carbonyl (C=O) groups is 1. The van der Waals surface area contributed by atoms with Crippen molar-refractivity contribution in [3.05, 3.63) is 0 Å². The van der Waals surface area contributed by atoms with Crippen molar-refractivity contribution < 1.29 is 9.53 Å². The van der Waals surface area contributed by atoms with Crippen LogP contribution in [0.25, 0.3) is 0 Å². The summed E-state index contributed by atoms with van der Waals surface area (Å²) in [6, 6.07) is 0.565. The molecule has 0 radical (unpaired) electrons. The topological polar surface area (TPSA) is 38.3 Å². The average molecular weight is 268 g/mol. The molecule has 0 aliphatic carbocycles. The molecule has 3 nitrogen and oxygen atoms in total. The third kappa shape index (κ3) is 3.87. The maximum Gasteiger partial charge on any atom is 0.320 e. The first-order chi connectivity index (χ1) is 6.24. The molecule has 0 aromatic heterocycles. The summed E-state index contributed by atoms with van der Waals surface area (Å²) in [5.41, 5.74) is 0. The first-order valence-corrected chi connectivity index (χ1v) is 6.34. The van der Waals surface area contributed by atoms with Gasteiger partial charge in [0.15, 0.2) is 0 Å². The van der Waals surface area contributed by atoms with Gasteiger partial charge in [-0.25, -0.2) is 0 Å². The fraction of sp³-hybridized carbons (Fsp3) is 0.875. The summed E-state index contributed by atoms with van der Waals surface area (Å²) in [7, 11) is 1.40. The van der Waals surface area contributed by atoms with Crippen LogP contribution >= 0.6 is 27.7 Å². The lowest BCUT2D eigenvalue weighted by Gasteiger charge is -2.13. The van der Waals surface area contributed by atoms with Crippen LogP contribution in [-0.4, -0.2) is 42.0 Å². The number of hydrogen-bond donors (Lipinski definition) is 1. The minimum absolute atomic E-state index is 0.210. The quantitative estimate of drug-likeness (QED) is 0.610. The van der Waals surface area contributed by atoms with E-state index in [1.807, 2.05) is 11.8 Å². The molecule has 1 N–H and O–H groups in total. The lowest BCUT2D eigenvalue weighted by Crippen LogP contribution is -2.36. The van der Waals surface area contributed by atoms with Crippen LogP contribution in [0.5, 0.6) is 0 Å². The van der Waals surface area contributed by atoms with Crippen molar-refractivity contribution in [2.75, 3.05) is 25.2 Å². The fourth-order valence-electron chi connectivity index (χ4n) is 1.18. The van der Waals surface area contributed by atoms with Gasteiger partial charge in [-0.05, 0) is 12.2 Å². The Morgan fingerprint density at radius 1 is 1.85 bits per heavy atom. The fourth-order valence-corrected chi connectivity index (χ4v) is 2.74. The van der Waals surface area contributed by atoms with E-state index in [1.54, 1.807) is 0 Å². The molecule has 13 heavy (non-hydrogen) atoms. The maximum atomic E-state index is 11.0. The number of ether oxygens (including phenoxy) is 1. The van der Waals surface area contributed by atoms with E-state index in [2.05, 4.69) is 26.0 Å². The van der Waals surface area contributed by atoms with Gasteiger partial charge in [0, 0.05) is 18.3 Å². The zero-order chi connectivity index (χ0) is 9.68. The molecule has 5 heteroatoms. The van der Waals surface area contributed by atoms with E-state index in [1.165, 1.54) is 19.3 Å². The molecule has 0 saturated carbocycles. The summed E-state index contributed by atoms with van der Waals surface area (Å²) in [5.74, 6) is 2.17. The number of hydrogen-bond acceptors (Lipinski definition) is 4. The van der Waals surface area contributed by atoms with Crippen molar-refractivity contribution in [2.24, 2.45) is 0 Å². The Hall–Kier alpha value is 0.260. The van der Waals surface area contributed by atoms with Crippen LogP contribution in [0.15, 0.2) is 0 Å². The Kier molecular flexibility index (Phi) is 5.13. The largest absolute Gasteiger partial charge is 0.468 e. The molecule has 1 saturated heterocycles. The van der Waals surface area contributed by atoms with E-state index >= 15 is 0 Å². The smallest absolute Gasteiger partial charge is 0.320 e. The number of nitrogens with one attached hydrogen (secondary N) is 1. The zero-order valence-electron chi connectivity index (χ0n) is 7.59. The molecule has 1 fully saturated rings. The predicted molar refractivity (Wildman–Crippen MR) is 58.5 cm³/mol. The molecule has 1 aliphatic heterocycles. The zero-order valence-corrected chi connectivity index (χ0v) is 9.99. The molecular formula is C8H14BrNO2S. The number of carbonyl (C=O) groups excluding carboxylic acids is 1. The summed E-state index contributed by atoms with van der Waals surface area (Å²) in [6.45, 7) is 0.651. The van der Waals surface area contributed by atoms with E-state index in [-0.39, 0.29) is 10.8 Å². The Morgan fingerprint density at radius 3 is 3.15 bits per heavy atom. The van der Waals surface area contributed by atoms with Crippen LogP contribution in [-0.2, 0) is 9.53 Å². The van der Waals surface area contributed by atoms with E-state index < -0.39 is 0 Å². The van der Waals surface area contributed by atoms with Gasteiger partial charge in [-0.3, -0.25) is 4.79 Å². The molecule has 0 spiro atoms. The highest BCUT2D eigenvalue weighted by molar-refractivity contribution is 9.10. The molecule has 2 atom stereocenters. The summed E-state index contributed by atoms with van der Waals surface area (Å²) in [5, 5.41) is 3.33. The highest BCUT2D eigenvalue weighted by Gasteiger charge is 2.19. The summed E-state index contributed by atoms with van der Waals surface area (Å²) < 4.78 is 4.60. The Balaban J connectivity index is 2.13. The van der Waals surface area contributed by atoms with Gasteiger partial charge in [-0.2, -0.15) is 11.8 Å². The van der Waals surface area contributed by atoms with Crippen LogP contribution < -0.4 is 5.32 Å². The van der Waals surface area contributed by atoms with E-state index in [4.69, 9.17) is 0 Å². The van der Waals surface area contributed by atoms with E-state index in [0.717, 1.165) is 5.75 Å². The van der Waals surface area contributed by atoms with Crippen molar-refractivity contribution in [3.8, 4) is 0 Å². The van der Waals surface area contributed by atoms with Crippen molar-refractivity contribution in [1.82, 2.24) is 5.32 Å². The van der Waals surface area contributed by atoms with Crippen LogP contribution in [0, 0.1) is 0 Å². The van der Waals surface area contributed by atoms with Gasteiger partial charge in [-0.15, -0.1) is 0 Å². The molecule has 0 aromatic rings. The highest BCUT2D eigenvalue weighted by atomic mass is 79.9. The van der Waals surface area contributed by atoms with Crippen LogP contribution in [0.1, 0.15) is 6.42 Å². The van der Waals surface area contributed by atoms with Gasteiger partial charge in [0.2, 0.25) is 0 Å². The summed E-state index contributed by atoms with van der Waals surface area (Å²) in [4.78, 5) is 10.8. The first-order valence-electron chi connectivity index (χ1n) is 4.27. The van der Waals surface area contributed by atoms with Gasteiger partial charge < -0.3 is 10.1 Å². The molecular weight excluding hydrogens is 254 g/mol. The van der Waals surface area contributed by atoms with E-state index in [9.17, 15) is 4.79 Å². The van der Waals surface area contributed by atoms with Crippen LogP contribution in [0.2, 0.25) is 0 Å². The summed E-state index contributed by atoms with van der Waals surface area (Å²) >= 11 is 5.22. The molecule has 1 aliphatic rings. The van der Waals surface area contributed by atoms with Gasteiger partial charge in [0.25, 0.3) is 0 Å². The maximum absolute atomic E-state index is 11.0. The number of rotatable bonds is 4. The number of alkyl halides is 1. The second kappa shape index (κ2) is 5.88. The molecule has 0 bridgehead atoms. The monoisotopic (exact) mass is 267 g/mol. The lowest BCUT2D eigenvalue weighted by atomic mass is 10.2. The first kappa shape index (κ1) is 11.3. The molecule has 0 amide bonds. The predicted octanol–water partition coefficient (Wildman–Crippen LogP) is 1.02. The average Bonchev–Trinajstić information content (AvgIpc) is 2.65. The minimum atomic E-state index is -0.219. The molecule has 0 aromatic carbocycles. The Labute approximate surface area is 91.1 Å². The Bertz CT molecular complexity index is 174. The van der Waals surface area contributed by atoms with Gasteiger partial charge >= 0.3 is 5.97 Å². The Morgan fingerprint density at radius 2 is 2.62 bits per heavy atom. The standard InChI is InChI=1S/C8H14BrNO2S/c1-12-8(11)7(9)4-10-6-2-3-13-5-6/h6-7,10H,2-5H2,1H3. The molecule has 76 valence electrons. The number of halogens is 1. The number of esters is 1. The van der Waals surface area contributed by atoms with Crippen LogP contribution in [0.3, 0.4) is 0 Å². The number of methoxy groups -OCH3 is 1. The van der Waals surface area contributed by atoms with Crippen molar-refractivity contribution in [2.45, 2.75) is 17.3 Å². The van der Waals surface area contributed by atoms with Crippen molar-refractivity contribution >= 4 is 33.7 Å². The highest BCUT2D eigenvalue weighted by Crippen LogP contribution is 2.17. The molecule has 1 rings (SSSR count). The molecule has 2 unspecified atom stereocenters.